The first kappa shape index (κ1) is 9.13. The van der Waals surface area contributed by atoms with E-state index in [2.05, 4.69) is 11.9 Å². The molecule has 1 amide bonds. The van der Waals surface area contributed by atoms with Crippen LogP contribution in [-0.4, -0.2) is 30.2 Å². The second kappa shape index (κ2) is 4.96. The van der Waals surface area contributed by atoms with Crippen molar-refractivity contribution >= 4 is 5.91 Å². The smallest absolute Gasteiger partial charge is 0.239 e. The highest BCUT2D eigenvalue weighted by Crippen LogP contribution is 1.74. The van der Waals surface area contributed by atoms with Crippen molar-refractivity contribution in [2.75, 3.05) is 13.2 Å². The van der Waals surface area contributed by atoms with Gasteiger partial charge in [0.15, 0.2) is 0 Å². The molecule has 4 nitrogen and oxygen atoms in total. The monoisotopic (exact) mass is 144 g/mol. The second-order valence-electron chi connectivity index (χ2n) is 1.82. The van der Waals surface area contributed by atoms with Crippen molar-refractivity contribution in [1.29, 1.82) is 0 Å². The van der Waals surface area contributed by atoms with Crippen LogP contribution >= 0.6 is 0 Å². The number of carbonyl (C=O) groups excluding carboxylic acids is 1. The van der Waals surface area contributed by atoms with Crippen LogP contribution in [0, 0.1) is 0 Å². The number of nitrogens with one attached hydrogen (secondary N) is 1. The molecule has 0 aromatic heterocycles. The molecule has 0 rings (SSSR count). The lowest BCUT2D eigenvalue weighted by Crippen LogP contribution is -2.42. The van der Waals surface area contributed by atoms with Crippen LogP contribution in [0.15, 0.2) is 12.7 Å². The molecule has 1 unspecified atom stereocenters. The van der Waals surface area contributed by atoms with E-state index < -0.39 is 6.04 Å². The Labute approximate surface area is 59.7 Å². The zero-order valence-corrected chi connectivity index (χ0v) is 5.71. The lowest BCUT2D eigenvalue weighted by molar-refractivity contribution is -0.122. The molecule has 0 aliphatic heterocycles. The van der Waals surface area contributed by atoms with Gasteiger partial charge in [0.1, 0.15) is 6.04 Å². The molecule has 0 radical (unpaired) electrons. The fourth-order valence-electron chi connectivity index (χ4n) is 0.387. The van der Waals surface area contributed by atoms with Gasteiger partial charge in [-0.1, -0.05) is 6.08 Å². The van der Waals surface area contributed by atoms with Gasteiger partial charge in [0.25, 0.3) is 0 Å². The van der Waals surface area contributed by atoms with Crippen LogP contribution in [-0.2, 0) is 4.79 Å². The summed E-state index contributed by atoms with van der Waals surface area (Å²) >= 11 is 0. The molecule has 0 aliphatic rings. The molecule has 0 spiro atoms. The molecular weight excluding hydrogens is 132 g/mol. The number of aliphatic hydroxyl groups is 1. The van der Waals surface area contributed by atoms with Gasteiger partial charge >= 0.3 is 0 Å². The van der Waals surface area contributed by atoms with E-state index in [1.54, 1.807) is 6.08 Å². The van der Waals surface area contributed by atoms with Crippen LogP contribution in [0.3, 0.4) is 0 Å². The van der Waals surface area contributed by atoms with Crippen molar-refractivity contribution in [1.82, 2.24) is 5.32 Å². The number of amides is 1. The van der Waals surface area contributed by atoms with E-state index in [9.17, 15) is 4.79 Å². The number of hydrogen-bond donors (Lipinski definition) is 3. The maximum absolute atomic E-state index is 10.7. The van der Waals surface area contributed by atoms with Crippen LogP contribution in [0.25, 0.3) is 0 Å². The Kier molecular flexibility index (Phi) is 4.53. The average molecular weight is 144 g/mol. The molecule has 0 saturated carbocycles. The Morgan fingerprint density at radius 3 is 2.90 bits per heavy atom. The van der Waals surface area contributed by atoms with Gasteiger partial charge in [-0.3, -0.25) is 4.79 Å². The van der Waals surface area contributed by atoms with Crippen molar-refractivity contribution in [3.8, 4) is 0 Å². The van der Waals surface area contributed by atoms with E-state index in [0.29, 0.717) is 6.54 Å². The summed E-state index contributed by atoms with van der Waals surface area (Å²) in [6.45, 7) is 3.45. The van der Waals surface area contributed by atoms with Crippen LogP contribution in [0.2, 0.25) is 0 Å². The highest BCUT2D eigenvalue weighted by Gasteiger charge is 2.09. The molecule has 0 heterocycles. The van der Waals surface area contributed by atoms with Gasteiger partial charge < -0.3 is 16.2 Å². The lowest BCUT2D eigenvalue weighted by Gasteiger charge is -2.06. The number of aliphatic hydroxyl groups excluding tert-OH is 1. The molecule has 58 valence electrons. The molecule has 1 atom stereocenters. The van der Waals surface area contributed by atoms with Gasteiger partial charge in [-0.15, -0.1) is 6.58 Å². The molecule has 4 heteroatoms. The Bertz CT molecular complexity index is 125. The summed E-state index contributed by atoms with van der Waals surface area (Å²) in [7, 11) is 0. The maximum Gasteiger partial charge on any atom is 0.239 e. The maximum atomic E-state index is 10.7. The fraction of sp³-hybridized carbons (Fsp3) is 0.500. The van der Waals surface area contributed by atoms with E-state index in [1.165, 1.54) is 0 Å². The standard InChI is InChI=1S/C6H12N2O2/c1-2-3-8-6(10)5(7)4-9/h2,5,9H,1,3-4,7H2,(H,8,10). The molecule has 0 fully saturated rings. The zero-order chi connectivity index (χ0) is 7.98. The third-order valence-corrected chi connectivity index (χ3v) is 0.954. The van der Waals surface area contributed by atoms with Crippen LogP contribution in [0.1, 0.15) is 0 Å². The highest BCUT2D eigenvalue weighted by molar-refractivity contribution is 5.81. The highest BCUT2D eigenvalue weighted by atomic mass is 16.3. The van der Waals surface area contributed by atoms with Gasteiger partial charge in [0.2, 0.25) is 5.91 Å². The predicted octanol–water partition coefficient (Wildman–Crippen LogP) is -1.39. The summed E-state index contributed by atoms with van der Waals surface area (Å²) in [4.78, 5) is 10.7. The van der Waals surface area contributed by atoms with E-state index >= 15 is 0 Å². The minimum Gasteiger partial charge on any atom is -0.394 e. The molecule has 0 aromatic carbocycles. The van der Waals surface area contributed by atoms with Gasteiger partial charge in [-0.2, -0.15) is 0 Å². The Hall–Kier alpha value is -0.870. The number of rotatable bonds is 4. The predicted molar refractivity (Wildman–Crippen MR) is 38.3 cm³/mol. The van der Waals surface area contributed by atoms with E-state index in [0.717, 1.165) is 0 Å². The Morgan fingerprint density at radius 2 is 2.50 bits per heavy atom. The summed E-state index contributed by atoms with van der Waals surface area (Å²) in [5, 5.41) is 10.8. The van der Waals surface area contributed by atoms with Gasteiger partial charge in [-0.05, 0) is 0 Å². The summed E-state index contributed by atoms with van der Waals surface area (Å²) < 4.78 is 0. The molecule has 4 N–H and O–H groups in total. The average Bonchev–Trinajstić information content (AvgIpc) is 1.98. The van der Waals surface area contributed by atoms with E-state index in [1.807, 2.05) is 0 Å². The van der Waals surface area contributed by atoms with Crippen LogP contribution in [0.5, 0.6) is 0 Å². The zero-order valence-electron chi connectivity index (χ0n) is 5.71. The van der Waals surface area contributed by atoms with Crippen molar-refractivity contribution in [3.05, 3.63) is 12.7 Å². The first-order chi connectivity index (χ1) is 4.72. The lowest BCUT2D eigenvalue weighted by atomic mass is 10.3. The quantitative estimate of drug-likeness (QED) is 0.425. The second-order valence-corrected chi connectivity index (χ2v) is 1.82. The van der Waals surface area contributed by atoms with E-state index in [-0.39, 0.29) is 12.5 Å². The fourth-order valence-corrected chi connectivity index (χ4v) is 0.387. The molecule has 0 saturated heterocycles. The van der Waals surface area contributed by atoms with Crippen molar-refractivity contribution in [3.63, 3.8) is 0 Å². The first-order valence-corrected chi connectivity index (χ1v) is 2.97. The topological polar surface area (TPSA) is 75.4 Å². The van der Waals surface area contributed by atoms with Gasteiger partial charge in [-0.25, -0.2) is 0 Å². The SMILES string of the molecule is C=CCNC(=O)C(N)CO. The van der Waals surface area contributed by atoms with Gasteiger partial charge in [0, 0.05) is 6.54 Å². The minimum atomic E-state index is -0.819. The number of nitrogens with two attached hydrogens (primary N) is 1. The van der Waals surface area contributed by atoms with Crippen molar-refractivity contribution in [2.45, 2.75) is 6.04 Å². The number of hydrogen-bond acceptors (Lipinski definition) is 3. The summed E-state index contributed by atoms with van der Waals surface area (Å²) in [5.41, 5.74) is 5.16. The third kappa shape index (κ3) is 3.21. The molecule has 0 bridgehead atoms. The molecule has 0 aromatic rings. The Balaban J connectivity index is 3.51. The third-order valence-electron chi connectivity index (χ3n) is 0.954. The minimum absolute atomic E-state index is 0.330. The van der Waals surface area contributed by atoms with Crippen LogP contribution in [0.4, 0.5) is 0 Å². The summed E-state index contributed by atoms with van der Waals surface area (Å²) in [5.74, 6) is -0.359. The van der Waals surface area contributed by atoms with Crippen LogP contribution < -0.4 is 11.1 Å². The largest absolute Gasteiger partial charge is 0.394 e. The summed E-state index contributed by atoms with van der Waals surface area (Å²) in [6.07, 6.45) is 1.54. The van der Waals surface area contributed by atoms with Crippen molar-refractivity contribution < 1.29 is 9.90 Å². The van der Waals surface area contributed by atoms with Gasteiger partial charge in [0.05, 0.1) is 6.61 Å². The molecular formula is C6H12N2O2. The molecule has 0 aliphatic carbocycles. The normalized spacial score (nSPS) is 12.2. The first-order valence-electron chi connectivity index (χ1n) is 2.97. The molecule has 10 heavy (non-hydrogen) atoms. The summed E-state index contributed by atoms with van der Waals surface area (Å²) in [6, 6.07) is -0.819. The van der Waals surface area contributed by atoms with Crippen molar-refractivity contribution in [2.24, 2.45) is 5.73 Å². The van der Waals surface area contributed by atoms with E-state index in [4.69, 9.17) is 10.8 Å². The number of carbonyl (C=O) groups is 1. The Morgan fingerprint density at radius 1 is 1.90 bits per heavy atom.